The van der Waals surface area contributed by atoms with Crippen LogP contribution in [0.25, 0.3) is 11.6 Å². The first kappa shape index (κ1) is 13.2. The Kier molecular flexibility index (Phi) is 2.90. The van der Waals surface area contributed by atoms with Crippen LogP contribution >= 0.6 is 0 Å². The second-order valence-corrected chi connectivity index (χ2v) is 5.05. The lowest BCUT2D eigenvalue weighted by Crippen LogP contribution is -2.31. The first-order valence-corrected chi connectivity index (χ1v) is 6.53. The molecule has 3 rings (SSSR count). The number of carbonyl (C=O) groups is 2. The van der Waals surface area contributed by atoms with E-state index in [0.717, 1.165) is 21.9 Å². The van der Waals surface area contributed by atoms with Crippen molar-refractivity contribution in [1.82, 2.24) is 4.98 Å². The van der Waals surface area contributed by atoms with Crippen LogP contribution in [-0.2, 0) is 4.79 Å². The number of aryl methyl sites for hydroxylation is 2. The summed E-state index contributed by atoms with van der Waals surface area (Å²) >= 11 is 0. The molecule has 1 aromatic carbocycles. The van der Waals surface area contributed by atoms with Crippen molar-refractivity contribution in [1.29, 1.82) is 0 Å². The van der Waals surface area contributed by atoms with Crippen molar-refractivity contribution >= 4 is 29.3 Å². The number of imide groups is 1. The van der Waals surface area contributed by atoms with Crippen LogP contribution < -0.4 is 4.90 Å². The van der Waals surface area contributed by atoms with Gasteiger partial charge in [0.05, 0.1) is 11.3 Å². The number of fused-ring (bicyclic) bond motifs is 1. The van der Waals surface area contributed by atoms with Crippen LogP contribution in [-0.4, -0.2) is 22.1 Å². The van der Waals surface area contributed by atoms with Crippen LogP contribution in [0.3, 0.4) is 0 Å². The highest BCUT2D eigenvalue weighted by Crippen LogP contribution is 2.37. The number of amides is 2. The molecule has 5 heteroatoms. The zero-order valence-electron chi connectivity index (χ0n) is 11.7. The molecule has 1 aromatic heterocycles. The summed E-state index contributed by atoms with van der Waals surface area (Å²) in [6.45, 7) is 3.87. The third kappa shape index (κ3) is 2.03. The van der Waals surface area contributed by atoms with E-state index in [1.54, 1.807) is 30.3 Å². The lowest BCUT2D eigenvalue weighted by Gasteiger charge is -2.09. The number of hydrogen-bond acceptors (Lipinski definition) is 2. The van der Waals surface area contributed by atoms with Gasteiger partial charge < -0.3 is 10.1 Å². The van der Waals surface area contributed by atoms with Crippen molar-refractivity contribution in [3.63, 3.8) is 0 Å². The first-order valence-electron chi connectivity index (χ1n) is 6.53. The van der Waals surface area contributed by atoms with Crippen molar-refractivity contribution in [2.45, 2.75) is 13.8 Å². The number of nitrogens with one attached hydrogen (secondary N) is 1. The van der Waals surface area contributed by atoms with Gasteiger partial charge in [-0.3, -0.25) is 4.79 Å². The number of benzene rings is 1. The predicted octanol–water partition coefficient (Wildman–Crippen LogP) is 3.20. The molecule has 2 aromatic rings. The molecule has 0 radical (unpaired) electrons. The molecule has 2 heterocycles. The number of nitrogens with zero attached hydrogens (tertiary/aromatic N) is 1. The molecule has 1 aliphatic heterocycles. The van der Waals surface area contributed by atoms with Gasteiger partial charge in [0.1, 0.15) is 0 Å². The summed E-state index contributed by atoms with van der Waals surface area (Å²) in [5, 5.41) is 9.24. The highest BCUT2D eigenvalue weighted by Gasteiger charge is 2.36. The number of rotatable bonds is 1. The van der Waals surface area contributed by atoms with E-state index in [4.69, 9.17) is 0 Å². The third-order valence-electron chi connectivity index (χ3n) is 3.54. The quantitative estimate of drug-likeness (QED) is 0.789. The number of anilines is 1. The van der Waals surface area contributed by atoms with Gasteiger partial charge in [0.2, 0.25) is 0 Å². The van der Waals surface area contributed by atoms with Gasteiger partial charge in [-0.1, -0.05) is 18.2 Å². The Bertz CT molecular complexity index is 787. The minimum Gasteiger partial charge on any atom is -0.464 e. The van der Waals surface area contributed by atoms with Gasteiger partial charge in [-0.15, -0.1) is 0 Å². The maximum Gasteiger partial charge on any atom is 0.419 e. The van der Waals surface area contributed by atoms with E-state index in [-0.39, 0.29) is 0 Å². The van der Waals surface area contributed by atoms with Gasteiger partial charge in [-0.2, -0.15) is 0 Å². The molecule has 2 N–H and O–H groups in total. The van der Waals surface area contributed by atoms with Crippen molar-refractivity contribution in [2.75, 3.05) is 4.90 Å². The van der Waals surface area contributed by atoms with Crippen LogP contribution in [0.4, 0.5) is 10.5 Å². The SMILES string of the molecule is Cc1cc(C)c(/C=C2\C(=O)N(C(=O)O)c3ccccc32)[nH]1. The summed E-state index contributed by atoms with van der Waals surface area (Å²) in [6, 6.07) is 8.88. The van der Waals surface area contributed by atoms with Crippen molar-refractivity contribution in [2.24, 2.45) is 0 Å². The fraction of sp³-hybridized carbons (Fsp3) is 0.125. The largest absolute Gasteiger partial charge is 0.464 e. The zero-order valence-corrected chi connectivity index (χ0v) is 11.7. The molecular formula is C16H14N2O3. The summed E-state index contributed by atoms with van der Waals surface area (Å²) in [4.78, 5) is 27.7. The second-order valence-electron chi connectivity index (χ2n) is 5.05. The second kappa shape index (κ2) is 4.63. The van der Waals surface area contributed by atoms with Crippen LogP contribution in [0, 0.1) is 13.8 Å². The van der Waals surface area contributed by atoms with Crippen molar-refractivity contribution in [3.8, 4) is 0 Å². The number of carboxylic acid groups (broad SMARTS) is 1. The first-order chi connectivity index (χ1) is 9.99. The molecular weight excluding hydrogens is 268 g/mol. The maximum atomic E-state index is 12.4. The summed E-state index contributed by atoms with van der Waals surface area (Å²) in [5.41, 5.74) is 4.25. The Morgan fingerprint density at radius 3 is 2.62 bits per heavy atom. The molecule has 1 aliphatic rings. The molecule has 0 saturated carbocycles. The normalized spacial score (nSPS) is 15.6. The third-order valence-corrected chi connectivity index (χ3v) is 3.54. The van der Waals surface area contributed by atoms with Crippen molar-refractivity contribution in [3.05, 3.63) is 52.8 Å². The minimum absolute atomic E-state index is 0.387. The number of aromatic amines is 1. The van der Waals surface area contributed by atoms with Gasteiger partial charge in [0.15, 0.2) is 0 Å². The van der Waals surface area contributed by atoms with Gasteiger partial charge in [0.25, 0.3) is 5.91 Å². The molecule has 2 amide bonds. The Morgan fingerprint density at radius 1 is 1.29 bits per heavy atom. The van der Waals surface area contributed by atoms with Crippen LogP contribution in [0.5, 0.6) is 0 Å². The van der Waals surface area contributed by atoms with Gasteiger partial charge in [0, 0.05) is 17.0 Å². The Balaban J connectivity index is 2.18. The molecule has 21 heavy (non-hydrogen) atoms. The number of carbonyl (C=O) groups excluding carboxylic acids is 1. The lowest BCUT2D eigenvalue weighted by atomic mass is 10.1. The van der Waals surface area contributed by atoms with E-state index in [1.165, 1.54) is 0 Å². The highest BCUT2D eigenvalue weighted by molar-refractivity contribution is 6.41. The average Bonchev–Trinajstić information content (AvgIpc) is 2.88. The van der Waals surface area contributed by atoms with E-state index < -0.39 is 12.0 Å². The molecule has 0 fully saturated rings. The lowest BCUT2D eigenvalue weighted by molar-refractivity contribution is -0.112. The van der Waals surface area contributed by atoms with E-state index in [1.807, 2.05) is 19.9 Å². The summed E-state index contributed by atoms with van der Waals surface area (Å²) in [5.74, 6) is -0.518. The predicted molar refractivity (Wildman–Crippen MR) is 80.1 cm³/mol. The summed E-state index contributed by atoms with van der Waals surface area (Å²) in [7, 11) is 0. The molecule has 0 spiro atoms. The van der Waals surface area contributed by atoms with Crippen LogP contribution in [0.15, 0.2) is 30.3 Å². The monoisotopic (exact) mass is 282 g/mol. The van der Waals surface area contributed by atoms with E-state index in [2.05, 4.69) is 4.98 Å². The number of para-hydroxylation sites is 1. The molecule has 5 nitrogen and oxygen atoms in total. The van der Waals surface area contributed by atoms with Crippen LogP contribution in [0.2, 0.25) is 0 Å². The minimum atomic E-state index is -1.27. The van der Waals surface area contributed by atoms with Gasteiger partial charge >= 0.3 is 6.09 Å². The molecule has 0 atom stereocenters. The number of H-pyrrole nitrogens is 1. The number of aromatic nitrogens is 1. The standard InChI is InChI=1S/C16H14N2O3/c1-9-7-10(2)17-13(9)8-12-11-5-3-4-6-14(11)18(15(12)19)16(20)21/h3-8,17H,1-2H3,(H,20,21)/b12-8-. The molecule has 0 bridgehead atoms. The fourth-order valence-corrected chi connectivity index (χ4v) is 2.61. The Morgan fingerprint density at radius 2 is 2.00 bits per heavy atom. The van der Waals surface area contributed by atoms with E-state index in [0.29, 0.717) is 16.8 Å². The molecule has 0 aliphatic carbocycles. The molecule has 0 unspecified atom stereocenters. The zero-order chi connectivity index (χ0) is 15.1. The number of hydrogen-bond donors (Lipinski definition) is 2. The Hall–Kier alpha value is -2.82. The van der Waals surface area contributed by atoms with E-state index in [9.17, 15) is 14.7 Å². The molecule has 106 valence electrons. The van der Waals surface area contributed by atoms with Gasteiger partial charge in [-0.25, -0.2) is 9.69 Å². The highest BCUT2D eigenvalue weighted by atomic mass is 16.4. The molecule has 0 saturated heterocycles. The topological polar surface area (TPSA) is 73.4 Å². The summed E-state index contributed by atoms with van der Waals surface area (Å²) < 4.78 is 0. The van der Waals surface area contributed by atoms with Crippen LogP contribution in [0.1, 0.15) is 22.5 Å². The van der Waals surface area contributed by atoms with E-state index >= 15 is 0 Å². The van der Waals surface area contributed by atoms with Crippen molar-refractivity contribution < 1.29 is 14.7 Å². The fourth-order valence-electron chi connectivity index (χ4n) is 2.61. The average molecular weight is 282 g/mol. The van der Waals surface area contributed by atoms with Gasteiger partial charge in [-0.05, 0) is 37.6 Å². The maximum absolute atomic E-state index is 12.4. The summed E-state index contributed by atoms with van der Waals surface area (Å²) in [6.07, 6.45) is 0.446. The smallest absolute Gasteiger partial charge is 0.419 e. The Labute approximate surface area is 121 Å².